The van der Waals surface area contributed by atoms with Crippen molar-refractivity contribution in [3.63, 3.8) is 0 Å². The van der Waals surface area contributed by atoms with Crippen LogP contribution in [0.3, 0.4) is 0 Å². The van der Waals surface area contributed by atoms with Gasteiger partial charge in [-0.3, -0.25) is 14.9 Å². The minimum atomic E-state index is -0.890. The Morgan fingerprint density at radius 3 is 2.36 bits per heavy atom. The molecule has 28 heavy (non-hydrogen) atoms. The number of nitrogens with one attached hydrogen (secondary N) is 1. The van der Waals surface area contributed by atoms with E-state index in [2.05, 4.69) is 10.4 Å². The summed E-state index contributed by atoms with van der Waals surface area (Å²) in [6, 6.07) is 13.2. The molecule has 1 saturated heterocycles. The van der Waals surface area contributed by atoms with Crippen molar-refractivity contribution >= 4 is 29.6 Å². The summed E-state index contributed by atoms with van der Waals surface area (Å²) in [5.74, 6) is -2.11. The zero-order chi connectivity index (χ0) is 19.7. The molecule has 0 spiro atoms. The number of hydrogen-bond acceptors (Lipinski definition) is 4. The molecule has 0 bridgehead atoms. The molecule has 7 nitrogen and oxygen atoms in total. The molecule has 2 heterocycles. The zero-order valence-corrected chi connectivity index (χ0v) is 14.4. The number of imide groups is 2. The number of benzene rings is 2. The molecule has 0 aliphatic carbocycles. The molecule has 2 aromatic carbocycles. The predicted octanol–water partition coefficient (Wildman–Crippen LogP) is 2.68. The molecule has 4 rings (SSSR count). The molecule has 1 aliphatic rings. The van der Waals surface area contributed by atoms with Crippen LogP contribution in [0, 0.1) is 5.82 Å². The molecular formula is C20H13FN4O3. The van der Waals surface area contributed by atoms with Gasteiger partial charge >= 0.3 is 6.03 Å². The van der Waals surface area contributed by atoms with E-state index in [-0.39, 0.29) is 11.3 Å². The maximum absolute atomic E-state index is 13.1. The second-order valence-corrected chi connectivity index (χ2v) is 5.99. The summed E-state index contributed by atoms with van der Waals surface area (Å²) >= 11 is 0. The Labute approximate surface area is 158 Å². The molecule has 0 radical (unpaired) electrons. The Balaban J connectivity index is 1.67. The number of barbiturate groups is 1. The average molecular weight is 376 g/mol. The van der Waals surface area contributed by atoms with Crippen LogP contribution in [-0.4, -0.2) is 27.6 Å². The van der Waals surface area contributed by atoms with Crippen LogP contribution in [0.5, 0.6) is 0 Å². The summed E-state index contributed by atoms with van der Waals surface area (Å²) in [5, 5.41) is 6.33. The van der Waals surface area contributed by atoms with Gasteiger partial charge in [0, 0.05) is 11.8 Å². The van der Waals surface area contributed by atoms with E-state index < -0.39 is 23.7 Å². The van der Waals surface area contributed by atoms with Crippen LogP contribution < -0.4 is 10.2 Å². The smallest absolute Gasteiger partial charge is 0.273 e. The normalized spacial score (nSPS) is 15.8. The van der Waals surface area contributed by atoms with E-state index >= 15 is 0 Å². The van der Waals surface area contributed by atoms with Crippen molar-refractivity contribution in [3.05, 3.63) is 83.9 Å². The lowest BCUT2D eigenvalue weighted by Crippen LogP contribution is -2.54. The maximum atomic E-state index is 13.1. The van der Waals surface area contributed by atoms with Crippen molar-refractivity contribution in [2.24, 2.45) is 0 Å². The van der Waals surface area contributed by atoms with Gasteiger partial charge in [0.2, 0.25) is 0 Å². The van der Waals surface area contributed by atoms with Gasteiger partial charge in [-0.15, -0.1) is 0 Å². The third kappa shape index (κ3) is 3.18. The van der Waals surface area contributed by atoms with Gasteiger partial charge in [-0.2, -0.15) is 5.10 Å². The molecule has 1 aliphatic heterocycles. The van der Waals surface area contributed by atoms with E-state index in [4.69, 9.17) is 0 Å². The highest BCUT2D eigenvalue weighted by molar-refractivity contribution is 6.39. The molecule has 4 amide bonds. The lowest BCUT2D eigenvalue weighted by atomic mass is 10.1. The largest absolute Gasteiger partial charge is 0.335 e. The summed E-state index contributed by atoms with van der Waals surface area (Å²) in [4.78, 5) is 37.9. The number of carbonyl (C=O) groups excluding carboxylic acids is 3. The first-order chi connectivity index (χ1) is 13.5. The van der Waals surface area contributed by atoms with E-state index in [1.807, 2.05) is 30.3 Å². The number of aromatic nitrogens is 2. The van der Waals surface area contributed by atoms with Gasteiger partial charge in [0.15, 0.2) is 0 Å². The van der Waals surface area contributed by atoms with Crippen molar-refractivity contribution in [1.82, 2.24) is 15.1 Å². The van der Waals surface area contributed by atoms with Gasteiger partial charge in [0.25, 0.3) is 11.8 Å². The SMILES string of the molecule is O=C1NC(=O)N(c2ccc(F)cc2)C(=O)C1=Cc1cnn(-c2ccccc2)c1. The molecule has 0 atom stereocenters. The Hall–Kier alpha value is -4.07. The van der Waals surface area contributed by atoms with Gasteiger partial charge in [-0.25, -0.2) is 18.8 Å². The molecule has 1 N–H and O–H groups in total. The average Bonchev–Trinajstić information content (AvgIpc) is 3.16. The number of nitrogens with zero attached hydrogens (tertiary/aromatic N) is 3. The maximum Gasteiger partial charge on any atom is 0.335 e. The number of hydrogen-bond donors (Lipinski definition) is 1. The van der Waals surface area contributed by atoms with E-state index in [9.17, 15) is 18.8 Å². The Bertz CT molecular complexity index is 1100. The lowest BCUT2D eigenvalue weighted by Gasteiger charge is -2.26. The molecule has 0 saturated carbocycles. The first-order valence-electron chi connectivity index (χ1n) is 8.30. The molecule has 138 valence electrons. The fraction of sp³-hybridized carbons (Fsp3) is 0. The summed E-state index contributed by atoms with van der Waals surface area (Å²) in [6.07, 6.45) is 4.51. The van der Waals surface area contributed by atoms with E-state index in [1.54, 1.807) is 10.9 Å². The summed E-state index contributed by atoms with van der Waals surface area (Å²) < 4.78 is 14.7. The van der Waals surface area contributed by atoms with Gasteiger partial charge in [0.1, 0.15) is 11.4 Å². The monoisotopic (exact) mass is 376 g/mol. The quantitative estimate of drug-likeness (QED) is 0.563. The number of urea groups is 1. The summed E-state index contributed by atoms with van der Waals surface area (Å²) in [6.45, 7) is 0. The number of halogens is 1. The Morgan fingerprint density at radius 1 is 0.929 bits per heavy atom. The second-order valence-electron chi connectivity index (χ2n) is 5.99. The van der Waals surface area contributed by atoms with Crippen molar-refractivity contribution in [1.29, 1.82) is 0 Å². The van der Waals surface area contributed by atoms with Crippen LogP contribution in [0.2, 0.25) is 0 Å². The highest BCUT2D eigenvalue weighted by Gasteiger charge is 2.36. The lowest BCUT2D eigenvalue weighted by molar-refractivity contribution is -0.122. The van der Waals surface area contributed by atoms with Crippen LogP contribution in [0.15, 0.2) is 72.6 Å². The minimum absolute atomic E-state index is 0.155. The fourth-order valence-corrected chi connectivity index (χ4v) is 2.78. The zero-order valence-electron chi connectivity index (χ0n) is 14.4. The Kier molecular flexibility index (Phi) is 4.29. The number of para-hydroxylation sites is 1. The molecule has 1 aromatic heterocycles. The Morgan fingerprint density at radius 2 is 1.64 bits per heavy atom. The van der Waals surface area contributed by atoms with Crippen LogP contribution in [0.1, 0.15) is 5.56 Å². The first kappa shape index (κ1) is 17.3. The topological polar surface area (TPSA) is 84.3 Å². The van der Waals surface area contributed by atoms with E-state index in [1.165, 1.54) is 24.4 Å². The number of rotatable bonds is 3. The third-order valence-electron chi connectivity index (χ3n) is 4.12. The van der Waals surface area contributed by atoms with Crippen molar-refractivity contribution in [2.45, 2.75) is 0 Å². The van der Waals surface area contributed by atoms with Crippen molar-refractivity contribution < 1.29 is 18.8 Å². The molecule has 1 fully saturated rings. The number of carbonyl (C=O) groups is 3. The second kappa shape index (κ2) is 6.92. The van der Waals surface area contributed by atoms with Crippen LogP contribution >= 0.6 is 0 Å². The summed E-state index contributed by atoms with van der Waals surface area (Å²) in [7, 11) is 0. The highest BCUT2D eigenvalue weighted by atomic mass is 19.1. The van der Waals surface area contributed by atoms with Crippen LogP contribution in [-0.2, 0) is 9.59 Å². The molecule has 0 unspecified atom stereocenters. The standard InChI is InChI=1S/C20H13FN4O3/c21-14-6-8-16(9-7-14)25-19(27)17(18(26)23-20(25)28)10-13-11-22-24(12-13)15-4-2-1-3-5-15/h1-12H,(H,23,26,28). The first-order valence-corrected chi connectivity index (χ1v) is 8.30. The van der Waals surface area contributed by atoms with E-state index in [0.717, 1.165) is 22.7 Å². The van der Waals surface area contributed by atoms with Gasteiger partial charge < -0.3 is 0 Å². The van der Waals surface area contributed by atoms with Gasteiger partial charge in [-0.1, -0.05) is 18.2 Å². The van der Waals surface area contributed by atoms with Crippen LogP contribution in [0.4, 0.5) is 14.9 Å². The predicted molar refractivity (Wildman–Crippen MR) is 99.0 cm³/mol. The fourth-order valence-electron chi connectivity index (χ4n) is 2.78. The van der Waals surface area contributed by atoms with Gasteiger partial charge in [0.05, 0.1) is 17.6 Å². The van der Waals surface area contributed by atoms with Crippen molar-refractivity contribution in [2.75, 3.05) is 4.90 Å². The van der Waals surface area contributed by atoms with Crippen molar-refractivity contribution in [3.8, 4) is 5.69 Å². The third-order valence-corrected chi connectivity index (χ3v) is 4.12. The molecule has 8 heteroatoms. The minimum Gasteiger partial charge on any atom is -0.273 e. The number of amides is 4. The molecule has 3 aromatic rings. The number of anilines is 1. The van der Waals surface area contributed by atoms with Crippen LogP contribution in [0.25, 0.3) is 11.8 Å². The van der Waals surface area contributed by atoms with Gasteiger partial charge in [-0.05, 0) is 42.5 Å². The van der Waals surface area contributed by atoms with E-state index in [0.29, 0.717) is 5.56 Å². The highest BCUT2D eigenvalue weighted by Crippen LogP contribution is 2.22. The molecular weight excluding hydrogens is 363 g/mol. The summed E-state index contributed by atoms with van der Waals surface area (Å²) in [5.41, 5.74) is 1.25.